The van der Waals surface area contributed by atoms with Crippen LogP contribution in [0.4, 0.5) is 13.2 Å². The maximum absolute atomic E-state index is 12.0. The molecule has 1 rings (SSSR count). The van der Waals surface area contributed by atoms with Crippen molar-refractivity contribution < 1.29 is 22.6 Å². The molecule has 1 heterocycles. The standard InChI is InChI=1S/C8H6BrF3INO2/c1-15-6-4(3-9)2-5(14-7(6)13)16-8(10,11)12/h2H,3H2,1H3. The number of nitrogens with zero attached hydrogens (tertiary/aromatic N) is 1. The van der Waals surface area contributed by atoms with E-state index in [2.05, 4.69) is 25.7 Å². The van der Waals surface area contributed by atoms with Crippen molar-refractivity contribution in [3.8, 4) is 11.6 Å². The Hall–Kier alpha value is -0.250. The summed E-state index contributed by atoms with van der Waals surface area (Å²) >= 11 is 4.93. The normalized spacial score (nSPS) is 11.4. The van der Waals surface area contributed by atoms with Crippen LogP contribution in [0.5, 0.6) is 11.6 Å². The lowest BCUT2D eigenvalue weighted by molar-refractivity contribution is -0.276. The molecule has 1 aromatic heterocycles. The monoisotopic (exact) mass is 411 g/mol. The summed E-state index contributed by atoms with van der Waals surface area (Å²) in [6.07, 6.45) is -4.74. The van der Waals surface area contributed by atoms with Gasteiger partial charge in [-0.05, 0) is 22.6 Å². The largest absolute Gasteiger partial charge is 0.574 e. The topological polar surface area (TPSA) is 31.4 Å². The van der Waals surface area contributed by atoms with Gasteiger partial charge in [-0.1, -0.05) is 15.9 Å². The van der Waals surface area contributed by atoms with Crippen LogP contribution in [0, 0.1) is 3.70 Å². The second-order valence-electron chi connectivity index (χ2n) is 2.63. The number of ether oxygens (including phenoxy) is 2. The molecule has 0 radical (unpaired) electrons. The lowest BCUT2D eigenvalue weighted by Gasteiger charge is -2.12. The lowest BCUT2D eigenvalue weighted by atomic mass is 10.3. The van der Waals surface area contributed by atoms with Gasteiger partial charge in [-0.2, -0.15) is 0 Å². The fourth-order valence-electron chi connectivity index (χ4n) is 1.01. The molecule has 0 fully saturated rings. The first-order valence-electron chi connectivity index (χ1n) is 3.92. The summed E-state index contributed by atoms with van der Waals surface area (Å²) in [6, 6.07) is 1.18. The summed E-state index contributed by atoms with van der Waals surface area (Å²) in [5.41, 5.74) is 0.543. The van der Waals surface area contributed by atoms with E-state index in [1.165, 1.54) is 13.2 Å². The Morgan fingerprint density at radius 2 is 2.12 bits per heavy atom. The van der Waals surface area contributed by atoms with Crippen molar-refractivity contribution in [1.29, 1.82) is 0 Å². The van der Waals surface area contributed by atoms with Crippen LogP contribution >= 0.6 is 38.5 Å². The molecule has 16 heavy (non-hydrogen) atoms. The van der Waals surface area contributed by atoms with Crippen molar-refractivity contribution in [2.75, 3.05) is 7.11 Å². The number of rotatable bonds is 3. The fourth-order valence-corrected chi connectivity index (χ4v) is 2.23. The molecule has 0 amide bonds. The van der Waals surface area contributed by atoms with Gasteiger partial charge in [0.1, 0.15) is 3.70 Å². The molecule has 0 aliphatic heterocycles. The van der Waals surface area contributed by atoms with Crippen molar-refractivity contribution in [1.82, 2.24) is 4.98 Å². The summed E-state index contributed by atoms with van der Waals surface area (Å²) in [6.45, 7) is 0. The molecule has 0 spiro atoms. The molecule has 0 saturated heterocycles. The van der Waals surface area contributed by atoms with E-state index in [4.69, 9.17) is 4.74 Å². The van der Waals surface area contributed by atoms with Crippen LogP contribution in [-0.2, 0) is 5.33 Å². The molecule has 0 saturated carbocycles. The van der Waals surface area contributed by atoms with Gasteiger partial charge in [-0.15, -0.1) is 13.2 Å². The molecule has 3 nitrogen and oxygen atoms in total. The van der Waals surface area contributed by atoms with Crippen LogP contribution in [0.3, 0.4) is 0 Å². The summed E-state index contributed by atoms with van der Waals surface area (Å²) < 4.78 is 45.0. The van der Waals surface area contributed by atoms with Gasteiger partial charge in [-0.25, -0.2) is 4.98 Å². The third-order valence-corrected chi connectivity index (χ3v) is 2.89. The van der Waals surface area contributed by atoms with Crippen LogP contribution < -0.4 is 9.47 Å². The van der Waals surface area contributed by atoms with Crippen molar-refractivity contribution in [2.24, 2.45) is 0 Å². The highest BCUT2D eigenvalue weighted by molar-refractivity contribution is 14.1. The average molecular weight is 412 g/mol. The quantitative estimate of drug-likeness (QED) is 0.433. The predicted molar refractivity (Wildman–Crippen MR) is 62.8 cm³/mol. The van der Waals surface area contributed by atoms with Crippen LogP contribution in [0.25, 0.3) is 0 Å². The number of methoxy groups -OCH3 is 1. The minimum absolute atomic E-state index is 0.316. The first-order chi connectivity index (χ1) is 7.37. The smallest absolute Gasteiger partial charge is 0.494 e. The maximum atomic E-state index is 12.0. The zero-order valence-corrected chi connectivity index (χ0v) is 11.7. The summed E-state index contributed by atoms with van der Waals surface area (Å²) in [5, 5.41) is 0.350. The van der Waals surface area contributed by atoms with Crippen molar-refractivity contribution in [3.05, 3.63) is 15.3 Å². The van der Waals surface area contributed by atoms with Gasteiger partial charge in [-0.3, -0.25) is 0 Å². The van der Waals surface area contributed by atoms with E-state index in [0.29, 0.717) is 20.3 Å². The third kappa shape index (κ3) is 3.65. The van der Waals surface area contributed by atoms with E-state index < -0.39 is 12.2 Å². The highest BCUT2D eigenvalue weighted by atomic mass is 127. The molecule has 0 bridgehead atoms. The van der Waals surface area contributed by atoms with Gasteiger partial charge in [0.25, 0.3) is 0 Å². The molecule has 0 N–H and O–H groups in total. The van der Waals surface area contributed by atoms with Gasteiger partial charge in [0.2, 0.25) is 5.88 Å². The van der Waals surface area contributed by atoms with Crippen LogP contribution in [0.1, 0.15) is 5.56 Å². The van der Waals surface area contributed by atoms with E-state index in [9.17, 15) is 13.2 Å². The van der Waals surface area contributed by atoms with Gasteiger partial charge >= 0.3 is 6.36 Å². The highest BCUT2D eigenvalue weighted by Crippen LogP contribution is 2.31. The fraction of sp³-hybridized carbons (Fsp3) is 0.375. The summed E-state index contributed by atoms with van der Waals surface area (Å²) in [5.74, 6) is -0.0563. The minimum atomic E-state index is -4.74. The number of hydrogen-bond acceptors (Lipinski definition) is 3. The van der Waals surface area contributed by atoms with Gasteiger partial charge in [0, 0.05) is 17.0 Å². The molecule has 0 aliphatic carbocycles. The van der Waals surface area contributed by atoms with E-state index >= 15 is 0 Å². The van der Waals surface area contributed by atoms with E-state index in [-0.39, 0.29) is 0 Å². The van der Waals surface area contributed by atoms with Crippen molar-refractivity contribution >= 4 is 38.5 Å². The minimum Gasteiger partial charge on any atom is -0.494 e. The molecular weight excluding hydrogens is 406 g/mol. The number of halogens is 5. The Bertz CT molecular complexity index is 386. The SMILES string of the molecule is COc1c(CBr)cc(OC(F)(F)F)nc1I. The molecule has 0 aromatic carbocycles. The molecule has 0 unspecified atom stereocenters. The second-order valence-corrected chi connectivity index (χ2v) is 4.21. The number of alkyl halides is 4. The van der Waals surface area contributed by atoms with Crippen molar-refractivity contribution in [3.63, 3.8) is 0 Å². The van der Waals surface area contributed by atoms with E-state index in [1.54, 1.807) is 22.6 Å². The molecule has 90 valence electrons. The Kier molecular flexibility index (Phi) is 4.65. The highest BCUT2D eigenvalue weighted by Gasteiger charge is 2.32. The second kappa shape index (κ2) is 5.39. The molecule has 1 aromatic rings. The molecule has 8 heteroatoms. The lowest BCUT2D eigenvalue weighted by Crippen LogP contribution is -2.18. The first-order valence-corrected chi connectivity index (χ1v) is 6.12. The average Bonchev–Trinajstić information content (AvgIpc) is 2.14. The van der Waals surface area contributed by atoms with Gasteiger partial charge < -0.3 is 9.47 Å². The van der Waals surface area contributed by atoms with E-state index in [1.807, 2.05) is 0 Å². The first kappa shape index (κ1) is 13.8. The van der Waals surface area contributed by atoms with Gasteiger partial charge in [0.05, 0.1) is 7.11 Å². The summed E-state index contributed by atoms with van der Waals surface area (Å²) in [4.78, 5) is 3.64. The maximum Gasteiger partial charge on any atom is 0.574 e. The molecular formula is C8H6BrF3INO2. The molecule has 0 atom stereocenters. The van der Waals surface area contributed by atoms with Gasteiger partial charge in [0.15, 0.2) is 5.75 Å². The van der Waals surface area contributed by atoms with Crippen LogP contribution in [0.2, 0.25) is 0 Å². The Labute approximate surface area is 112 Å². The third-order valence-electron chi connectivity index (χ3n) is 1.55. The predicted octanol–water partition coefficient (Wildman–Crippen LogP) is 3.49. The zero-order chi connectivity index (χ0) is 12.3. The van der Waals surface area contributed by atoms with Crippen LogP contribution in [0.15, 0.2) is 6.07 Å². The Balaban J connectivity index is 3.10. The Morgan fingerprint density at radius 3 is 2.56 bits per heavy atom. The Morgan fingerprint density at radius 1 is 1.50 bits per heavy atom. The summed E-state index contributed by atoms with van der Waals surface area (Å²) in [7, 11) is 1.43. The molecule has 0 aliphatic rings. The van der Waals surface area contributed by atoms with Crippen molar-refractivity contribution in [2.45, 2.75) is 11.7 Å². The number of hydrogen-bond donors (Lipinski definition) is 0. The zero-order valence-electron chi connectivity index (χ0n) is 7.94. The van der Waals surface area contributed by atoms with E-state index in [0.717, 1.165) is 0 Å². The number of aromatic nitrogens is 1. The van der Waals surface area contributed by atoms with Crippen LogP contribution in [-0.4, -0.2) is 18.5 Å². The number of pyridine rings is 1.